The van der Waals surface area contributed by atoms with Crippen LogP contribution in [0.3, 0.4) is 0 Å². The normalized spacial score (nSPS) is 29.1. The molecule has 1 heterocycles. The molecule has 1 aromatic carbocycles. The Kier molecular flexibility index (Phi) is 2.13. The van der Waals surface area contributed by atoms with E-state index in [4.69, 9.17) is 0 Å². The highest BCUT2D eigenvalue weighted by molar-refractivity contribution is 5.21. The minimum Gasteiger partial charge on any atom is -0.316 e. The van der Waals surface area contributed by atoms with Crippen LogP contribution in [0.4, 0.5) is 0 Å². The van der Waals surface area contributed by atoms with E-state index in [1.165, 1.54) is 12.1 Å². The van der Waals surface area contributed by atoms with E-state index >= 15 is 0 Å². The summed E-state index contributed by atoms with van der Waals surface area (Å²) < 4.78 is 0. The number of hydrogen-bond donors (Lipinski definition) is 1. The molecule has 2 rings (SSSR count). The van der Waals surface area contributed by atoms with Crippen LogP contribution in [-0.2, 0) is 0 Å². The van der Waals surface area contributed by atoms with E-state index in [0.29, 0.717) is 0 Å². The van der Waals surface area contributed by atoms with Gasteiger partial charge in [-0.2, -0.15) is 0 Å². The summed E-state index contributed by atoms with van der Waals surface area (Å²) in [6, 6.07) is 10.8. The summed E-state index contributed by atoms with van der Waals surface area (Å²) in [5.74, 6) is 1.51. The molecule has 2 atom stereocenters. The van der Waals surface area contributed by atoms with Crippen LogP contribution in [-0.4, -0.2) is 13.1 Å². The molecular weight excluding hydrogens is 146 g/mol. The molecule has 0 aromatic heterocycles. The molecule has 0 aliphatic carbocycles. The maximum atomic E-state index is 3.42. The summed E-state index contributed by atoms with van der Waals surface area (Å²) >= 11 is 0. The maximum absolute atomic E-state index is 3.42. The molecule has 12 heavy (non-hydrogen) atoms. The number of benzene rings is 1. The van der Waals surface area contributed by atoms with E-state index in [2.05, 4.69) is 42.6 Å². The fourth-order valence-corrected chi connectivity index (χ4v) is 1.96. The van der Waals surface area contributed by atoms with Gasteiger partial charge >= 0.3 is 0 Å². The Balaban J connectivity index is 2.19. The van der Waals surface area contributed by atoms with Crippen LogP contribution in [0, 0.1) is 5.92 Å². The first kappa shape index (κ1) is 7.81. The van der Waals surface area contributed by atoms with Crippen molar-refractivity contribution in [1.82, 2.24) is 5.32 Å². The zero-order valence-electron chi connectivity index (χ0n) is 7.46. The Hall–Kier alpha value is -0.820. The van der Waals surface area contributed by atoms with Crippen LogP contribution in [0.15, 0.2) is 30.3 Å². The second-order valence-corrected chi connectivity index (χ2v) is 3.65. The van der Waals surface area contributed by atoms with Gasteiger partial charge in [-0.3, -0.25) is 0 Å². The molecule has 0 bridgehead atoms. The van der Waals surface area contributed by atoms with Crippen LogP contribution in [0.2, 0.25) is 0 Å². The van der Waals surface area contributed by atoms with Crippen molar-refractivity contribution in [2.24, 2.45) is 5.92 Å². The molecular formula is C11H15N. The lowest BCUT2D eigenvalue weighted by Crippen LogP contribution is -2.07. The van der Waals surface area contributed by atoms with Crippen molar-refractivity contribution < 1.29 is 0 Å². The lowest BCUT2D eigenvalue weighted by Gasteiger charge is -2.13. The van der Waals surface area contributed by atoms with E-state index in [1.54, 1.807) is 0 Å². The highest BCUT2D eigenvalue weighted by Gasteiger charge is 2.23. The van der Waals surface area contributed by atoms with Gasteiger partial charge < -0.3 is 5.32 Å². The number of hydrogen-bond acceptors (Lipinski definition) is 1. The average Bonchev–Trinajstić information content (AvgIpc) is 2.53. The van der Waals surface area contributed by atoms with Gasteiger partial charge in [-0.1, -0.05) is 37.3 Å². The summed E-state index contributed by atoms with van der Waals surface area (Å²) in [6.45, 7) is 4.63. The van der Waals surface area contributed by atoms with Gasteiger partial charge in [-0.15, -0.1) is 0 Å². The molecule has 1 aromatic rings. The molecule has 1 heteroatoms. The van der Waals surface area contributed by atoms with E-state index in [9.17, 15) is 0 Å². The van der Waals surface area contributed by atoms with E-state index in [1.807, 2.05) is 0 Å². The summed E-state index contributed by atoms with van der Waals surface area (Å²) in [5, 5.41) is 3.42. The molecule has 0 amide bonds. The standard InChI is InChI=1S/C11H15N/c1-9-7-12-8-11(9)10-5-3-2-4-6-10/h2-6,9,11-12H,7-8H2,1H3. The van der Waals surface area contributed by atoms with E-state index in [-0.39, 0.29) is 0 Å². The topological polar surface area (TPSA) is 12.0 Å². The smallest absolute Gasteiger partial charge is 0.00233 e. The lowest BCUT2D eigenvalue weighted by atomic mass is 9.90. The highest BCUT2D eigenvalue weighted by atomic mass is 14.9. The summed E-state index contributed by atoms with van der Waals surface area (Å²) in [4.78, 5) is 0. The average molecular weight is 161 g/mol. The third kappa shape index (κ3) is 1.37. The lowest BCUT2D eigenvalue weighted by molar-refractivity contribution is 0.572. The van der Waals surface area contributed by atoms with Crippen molar-refractivity contribution >= 4 is 0 Å². The Morgan fingerprint density at radius 2 is 1.92 bits per heavy atom. The van der Waals surface area contributed by atoms with Crippen molar-refractivity contribution in [2.45, 2.75) is 12.8 Å². The van der Waals surface area contributed by atoms with Gasteiger partial charge in [-0.25, -0.2) is 0 Å². The van der Waals surface area contributed by atoms with Crippen molar-refractivity contribution in [1.29, 1.82) is 0 Å². The van der Waals surface area contributed by atoms with Crippen molar-refractivity contribution in [3.8, 4) is 0 Å². The van der Waals surface area contributed by atoms with Crippen LogP contribution in [0.25, 0.3) is 0 Å². The Bertz CT molecular complexity index is 242. The predicted molar refractivity (Wildman–Crippen MR) is 51.2 cm³/mol. The van der Waals surface area contributed by atoms with Gasteiger partial charge in [0.2, 0.25) is 0 Å². The largest absolute Gasteiger partial charge is 0.316 e. The van der Waals surface area contributed by atoms with E-state index in [0.717, 1.165) is 18.4 Å². The van der Waals surface area contributed by atoms with Gasteiger partial charge in [0, 0.05) is 12.5 Å². The van der Waals surface area contributed by atoms with Gasteiger partial charge in [0.25, 0.3) is 0 Å². The van der Waals surface area contributed by atoms with Crippen LogP contribution < -0.4 is 5.32 Å². The third-order valence-electron chi connectivity index (χ3n) is 2.75. The molecule has 1 aliphatic rings. The first-order valence-electron chi connectivity index (χ1n) is 4.63. The Morgan fingerprint density at radius 1 is 1.17 bits per heavy atom. The second-order valence-electron chi connectivity index (χ2n) is 3.65. The fourth-order valence-electron chi connectivity index (χ4n) is 1.96. The van der Waals surface area contributed by atoms with Gasteiger partial charge in [0.1, 0.15) is 0 Å². The molecule has 0 spiro atoms. The van der Waals surface area contributed by atoms with Gasteiger partial charge in [0.15, 0.2) is 0 Å². The summed E-state index contributed by atoms with van der Waals surface area (Å²) in [6.07, 6.45) is 0. The minimum absolute atomic E-state index is 0.728. The first-order chi connectivity index (χ1) is 5.88. The molecule has 0 saturated carbocycles. The molecule has 0 radical (unpaired) electrons. The van der Waals surface area contributed by atoms with Crippen LogP contribution in [0.5, 0.6) is 0 Å². The summed E-state index contributed by atoms with van der Waals surface area (Å²) in [7, 11) is 0. The van der Waals surface area contributed by atoms with Crippen molar-refractivity contribution in [2.75, 3.05) is 13.1 Å². The molecule has 64 valence electrons. The highest BCUT2D eigenvalue weighted by Crippen LogP contribution is 2.26. The fraction of sp³-hybridized carbons (Fsp3) is 0.455. The van der Waals surface area contributed by atoms with Crippen molar-refractivity contribution in [3.05, 3.63) is 35.9 Å². The molecule has 1 saturated heterocycles. The number of nitrogens with one attached hydrogen (secondary N) is 1. The van der Waals surface area contributed by atoms with Crippen LogP contribution >= 0.6 is 0 Å². The SMILES string of the molecule is CC1CNCC1c1ccccc1. The molecule has 1 fully saturated rings. The molecule has 1 N–H and O–H groups in total. The molecule has 1 aliphatic heterocycles. The zero-order chi connectivity index (χ0) is 8.39. The molecule has 2 unspecified atom stereocenters. The zero-order valence-corrected chi connectivity index (χ0v) is 7.46. The molecule has 1 nitrogen and oxygen atoms in total. The maximum Gasteiger partial charge on any atom is 0.00233 e. The Morgan fingerprint density at radius 3 is 2.50 bits per heavy atom. The van der Waals surface area contributed by atoms with Gasteiger partial charge in [0.05, 0.1) is 0 Å². The minimum atomic E-state index is 0.728. The second kappa shape index (κ2) is 3.28. The quantitative estimate of drug-likeness (QED) is 0.664. The van der Waals surface area contributed by atoms with Crippen LogP contribution in [0.1, 0.15) is 18.4 Å². The Labute approximate surface area is 73.8 Å². The van der Waals surface area contributed by atoms with E-state index < -0.39 is 0 Å². The summed E-state index contributed by atoms with van der Waals surface area (Å²) in [5.41, 5.74) is 1.48. The van der Waals surface area contributed by atoms with Gasteiger partial charge in [-0.05, 0) is 18.0 Å². The van der Waals surface area contributed by atoms with Crippen molar-refractivity contribution in [3.63, 3.8) is 0 Å². The monoisotopic (exact) mass is 161 g/mol. The number of rotatable bonds is 1. The predicted octanol–water partition coefficient (Wildman–Crippen LogP) is 2.01. The first-order valence-corrected chi connectivity index (χ1v) is 4.63. The third-order valence-corrected chi connectivity index (χ3v) is 2.75.